The molecule has 23 heavy (non-hydrogen) atoms. The van der Waals surface area contributed by atoms with E-state index in [1.54, 1.807) is 30.5 Å². The van der Waals surface area contributed by atoms with Crippen LogP contribution in [-0.4, -0.2) is 29.3 Å². The minimum absolute atomic E-state index is 0.124. The van der Waals surface area contributed by atoms with Crippen LogP contribution in [0.25, 0.3) is 10.9 Å². The minimum atomic E-state index is -0.674. The summed E-state index contributed by atoms with van der Waals surface area (Å²) < 4.78 is 5.57. The number of amides is 1. The summed E-state index contributed by atoms with van der Waals surface area (Å²) in [5.74, 6) is 0.161. The molecule has 1 atom stereocenters. The highest BCUT2D eigenvalue weighted by molar-refractivity contribution is 6.10. The van der Waals surface area contributed by atoms with Gasteiger partial charge in [0, 0.05) is 22.7 Å². The van der Waals surface area contributed by atoms with Crippen molar-refractivity contribution in [1.82, 2.24) is 10.3 Å². The summed E-state index contributed by atoms with van der Waals surface area (Å²) in [5, 5.41) is 3.61. The zero-order chi connectivity index (χ0) is 15.8. The Labute approximate surface area is 132 Å². The lowest BCUT2D eigenvalue weighted by Gasteiger charge is -2.24. The zero-order valence-electron chi connectivity index (χ0n) is 12.2. The van der Waals surface area contributed by atoms with Crippen molar-refractivity contribution in [2.75, 3.05) is 6.61 Å². The van der Waals surface area contributed by atoms with Gasteiger partial charge in [-0.05, 0) is 30.3 Å². The van der Waals surface area contributed by atoms with E-state index < -0.39 is 6.04 Å². The third-order valence-corrected chi connectivity index (χ3v) is 4.02. The standard InChI is InChI=1S/C18H14N2O3/c21-17-13-4-1-2-7-16(13)23-10-15(17)20-18(22)12-5-3-6-14-11(12)8-9-19-14/h1-9,15,19H,10H2,(H,20,22)/t15-/m0/s1. The molecule has 2 aromatic carbocycles. The number of H-pyrrole nitrogens is 1. The first-order valence-corrected chi connectivity index (χ1v) is 7.37. The van der Waals surface area contributed by atoms with Crippen molar-refractivity contribution in [2.45, 2.75) is 6.04 Å². The first-order valence-electron chi connectivity index (χ1n) is 7.37. The number of fused-ring (bicyclic) bond motifs is 2. The highest BCUT2D eigenvalue weighted by Gasteiger charge is 2.30. The quantitative estimate of drug-likeness (QED) is 0.764. The van der Waals surface area contributed by atoms with Crippen LogP contribution >= 0.6 is 0 Å². The van der Waals surface area contributed by atoms with Crippen LogP contribution in [0.2, 0.25) is 0 Å². The van der Waals surface area contributed by atoms with Crippen molar-refractivity contribution in [1.29, 1.82) is 0 Å². The number of hydrogen-bond acceptors (Lipinski definition) is 3. The molecule has 0 aliphatic carbocycles. The summed E-state index contributed by atoms with van der Waals surface area (Å²) >= 11 is 0. The molecule has 5 heteroatoms. The average molecular weight is 306 g/mol. The second-order valence-electron chi connectivity index (χ2n) is 5.44. The van der Waals surface area contributed by atoms with Gasteiger partial charge in [-0.25, -0.2) is 0 Å². The molecule has 0 radical (unpaired) electrons. The number of hydrogen-bond donors (Lipinski definition) is 2. The Balaban J connectivity index is 1.60. The van der Waals surface area contributed by atoms with Crippen molar-refractivity contribution < 1.29 is 14.3 Å². The molecular weight excluding hydrogens is 292 g/mol. The number of benzene rings is 2. The van der Waals surface area contributed by atoms with Crippen molar-refractivity contribution in [2.24, 2.45) is 0 Å². The summed E-state index contributed by atoms with van der Waals surface area (Å²) in [6, 6.07) is 13.7. The summed E-state index contributed by atoms with van der Waals surface area (Å²) in [7, 11) is 0. The maximum Gasteiger partial charge on any atom is 0.252 e. The van der Waals surface area contributed by atoms with Gasteiger partial charge in [0.15, 0.2) is 5.78 Å². The van der Waals surface area contributed by atoms with E-state index in [0.717, 1.165) is 10.9 Å². The number of carbonyl (C=O) groups excluding carboxylic acids is 2. The van der Waals surface area contributed by atoms with Gasteiger partial charge in [0.25, 0.3) is 5.91 Å². The molecular formula is C18H14N2O3. The predicted molar refractivity (Wildman–Crippen MR) is 85.8 cm³/mol. The fourth-order valence-electron chi connectivity index (χ4n) is 2.86. The van der Waals surface area contributed by atoms with Gasteiger partial charge in [-0.15, -0.1) is 0 Å². The lowest BCUT2D eigenvalue weighted by molar-refractivity contribution is 0.0796. The van der Waals surface area contributed by atoms with Crippen LogP contribution in [0.1, 0.15) is 20.7 Å². The number of nitrogens with one attached hydrogen (secondary N) is 2. The second-order valence-corrected chi connectivity index (χ2v) is 5.44. The molecule has 5 nitrogen and oxygen atoms in total. The summed E-state index contributed by atoms with van der Waals surface area (Å²) in [6.07, 6.45) is 1.78. The van der Waals surface area contributed by atoms with E-state index in [2.05, 4.69) is 10.3 Å². The topological polar surface area (TPSA) is 71.2 Å². The number of aromatic nitrogens is 1. The molecule has 0 spiro atoms. The lowest BCUT2D eigenvalue weighted by Crippen LogP contribution is -2.47. The average Bonchev–Trinajstić information content (AvgIpc) is 3.06. The van der Waals surface area contributed by atoms with Crippen molar-refractivity contribution in [3.63, 3.8) is 0 Å². The van der Waals surface area contributed by atoms with Crippen LogP contribution in [0.15, 0.2) is 54.7 Å². The molecule has 2 N–H and O–H groups in total. The monoisotopic (exact) mass is 306 g/mol. The van der Waals surface area contributed by atoms with Gasteiger partial charge in [0.1, 0.15) is 18.4 Å². The molecule has 0 saturated carbocycles. The Bertz CT molecular complexity index is 913. The van der Waals surface area contributed by atoms with Gasteiger partial charge in [-0.2, -0.15) is 0 Å². The SMILES string of the molecule is O=C(N[C@H]1COc2ccccc2C1=O)c1cccc2[nH]ccc12. The highest BCUT2D eigenvalue weighted by Crippen LogP contribution is 2.24. The minimum Gasteiger partial charge on any atom is -0.490 e. The van der Waals surface area contributed by atoms with Crippen molar-refractivity contribution in [3.8, 4) is 5.75 Å². The van der Waals surface area contributed by atoms with Crippen LogP contribution in [0.4, 0.5) is 0 Å². The number of carbonyl (C=O) groups is 2. The van der Waals surface area contributed by atoms with Crippen LogP contribution in [-0.2, 0) is 0 Å². The normalized spacial score (nSPS) is 16.7. The Morgan fingerprint density at radius 2 is 2.00 bits per heavy atom. The third kappa shape index (κ3) is 2.26. The molecule has 4 rings (SSSR count). The molecule has 3 aromatic rings. The summed E-state index contributed by atoms with van der Waals surface area (Å²) in [6.45, 7) is 0.144. The van der Waals surface area contributed by atoms with Crippen LogP contribution < -0.4 is 10.1 Å². The fraction of sp³-hybridized carbons (Fsp3) is 0.111. The Morgan fingerprint density at radius 3 is 2.91 bits per heavy atom. The number of para-hydroxylation sites is 1. The van der Waals surface area contributed by atoms with Gasteiger partial charge in [0.05, 0.1) is 5.56 Å². The van der Waals surface area contributed by atoms with E-state index in [4.69, 9.17) is 4.74 Å². The largest absolute Gasteiger partial charge is 0.490 e. The smallest absolute Gasteiger partial charge is 0.252 e. The van der Waals surface area contributed by atoms with E-state index in [0.29, 0.717) is 16.9 Å². The van der Waals surface area contributed by atoms with Crippen LogP contribution in [0.3, 0.4) is 0 Å². The molecule has 0 bridgehead atoms. The van der Waals surface area contributed by atoms with E-state index in [-0.39, 0.29) is 18.3 Å². The molecule has 1 aromatic heterocycles. The van der Waals surface area contributed by atoms with Gasteiger partial charge in [-0.3, -0.25) is 9.59 Å². The Hall–Kier alpha value is -3.08. The zero-order valence-corrected chi connectivity index (χ0v) is 12.2. The van der Waals surface area contributed by atoms with Gasteiger partial charge < -0.3 is 15.0 Å². The van der Waals surface area contributed by atoms with E-state index in [1.165, 1.54) is 0 Å². The first kappa shape index (κ1) is 13.6. The number of aromatic amines is 1. The molecule has 1 aliphatic rings. The molecule has 114 valence electrons. The summed E-state index contributed by atoms with van der Waals surface area (Å²) in [4.78, 5) is 28.1. The number of ether oxygens (including phenoxy) is 1. The van der Waals surface area contributed by atoms with Gasteiger partial charge >= 0.3 is 0 Å². The van der Waals surface area contributed by atoms with Gasteiger partial charge in [-0.1, -0.05) is 18.2 Å². The second kappa shape index (κ2) is 5.28. The van der Waals surface area contributed by atoms with Crippen LogP contribution in [0.5, 0.6) is 5.75 Å². The maximum absolute atomic E-state index is 12.5. The molecule has 0 fully saturated rings. The molecule has 1 amide bonds. The van der Waals surface area contributed by atoms with E-state index in [1.807, 2.05) is 24.3 Å². The molecule has 2 heterocycles. The Morgan fingerprint density at radius 1 is 1.13 bits per heavy atom. The van der Waals surface area contributed by atoms with Gasteiger partial charge in [0.2, 0.25) is 0 Å². The van der Waals surface area contributed by atoms with E-state index in [9.17, 15) is 9.59 Å². The number of rotatable bonds is 2. The number of Topliss-reactive ketones (excluding diaryl/α,β-unsaturated/α-hetero) is 1. The van der Waals surface area contributed by atoms with Crippen molar-refractivity contribution >= 4 is 22.6 Å². The number of ketones is 1. The van der Waals surface area contributed by atoms with Crippen molar-refractivity contribution in [3.05, 3.63) is 65.9 Å². The van der Waals surface area contributed by atoms with Crippen LogP contribution in [0, 0.1) is 0 Å². The first-order chi connectivity index (χ1) is 11.2. The molecule has 1 aliphatic heterocycles. The third-order valence-electron chi connectivity index (χ3n) is 4.02. The Kier molecular flexibility index (Phi) is 3.12. The maximum atomic E-state index is 12.5. The van der Waals surface area contributed by atoms with E-state index >= 15 is 0 Å². The molecule has 0 unspecified atom stereocenters. The molecule has 0 saturated heterocycles. The highest BCUT2D eigenvalue weighted by atomic mass is 16.5. The lowest BCUT2D eigenvalue weighted by atomic mass is 10.0. The fourth-order valence-corrected chi connectivity index (χ4v) is 2.86. The summed E-state index contributed by atoms with van der Waals surface area (Å²) in [5.41, 5.74) is 1.92. The predicted octanol–water partition coefficient (Wildman–Crippen LogP) is 2.54.